The standard InChI is InChI=1S/C21H20ClN3O2S/c22-18-5-3-4-17(14-18)16-7-9-20(10-8-16)28(26,27)24-19-11-13-25(15-19)21-6-1-2-12-23-21/h1-10,12,14,19,24H,11,13,15H2. The average Bonchev–Trinajstić information content (AvgIpc) is 3.16. The molecule has 28 heavy (non-hydrogen) atoms. The second-order valence-electron chi connectivity index (χ2n) is 6.78. The number of anilines is 1. The van der Waals surface area contributed by atoms with Crippen molar-refractivity contribution in [2.45, 2.75) is 17.4 Å². The van der Waals surface area contributed by atoms with Gasteiger partial charge in [0, 0.05) is 30.4 Å². The highest BCUT2D eigenvalue weighted by Gasteiger charge is 2.27. The van der Waals surface area contributed by atoms with E-state index < -0.39 is 10.0 Å². The van der Waals surface area contributed by atoms with Crippen LogP contribution in [0.15, 0.2) is 77.8 Å². The smallest absolute Gasteiger partial charge is 0.240 e. The van der Waals surface area contributed by atoms with E-state index in [4.69, 9.17) is 11.6 Å². The minimum Gasteiger partial charge on any atom is -0.355 e. The van der Waals surface area contributed by atoms with E-state index in [0.717, 1.165) is 29.9 Å². The van der Waals surface area contributed by atoms with Crippen LogP contribution in [0.2, 0.25) is 5.02 Å². The summed E-state index contributed by atoms with van der Waals surface area (Å²) in [5.74, 6) is 0.870. The number of pyridine rings is 1. The molecule has 1 fully saturated rings. The Morgan fingerprint density at radius 3 is 2.54 bits per heavy atom. The summed E-state index contributed by atoms with van der Waals surface area (Å²) in [4.78, 5) is 6.69. The van der Waals surface area contributed by atoms with E-state index in [2.05, 4.69) is 14.6 Å². The summed E-state index contributed by atoms with van der Waals surface area (Å²) in [5, 5.41) is 0.648. The van der Waals surface area contributed by atoms with Crippen LogP contribution in [0.5, 0.6) is 0 Å². The maximum atomic E-state index is 12.8. The first kappa shape index (κ1) is 18.9. The van der Waals surface area contributed by atoms with Crippen molar-refractivity contribution in [2.24, 2.45) is 0 Å². The molecule has 0 aliphatic carbocycles. The zero-order valence-electron chi connectivity index (χ0n) is 15.1. The Labute approximate surface area is 170 Å². The predicted octanol–water partition coefficient (Wildman–Crippen LogP) is 3.96. The van der Waals surface area contributed by atoms with E-state index in [1.807, 2.05) is 42.5 Å². The molecule has 0 radical (unpaired) electrons. The third-order valence-electron chi connectivity index (χ3n) is 4.81. The summed E-state index contributed by atoms with van der Waals surface area (Å²) in [5.41, 5.74) is 1.87. The fraction of sp³-hybridized carbons (Fsp3) is 0.190. The molecule has 5 nitrogen and oxygen atoms in total. The van der Waals surface area contributed by atoms with Gasteiger partial charge in [-0.25, -0.2) is 18.1 Å². The van der Waals surface area contributed by atoms with Crippen molar-refractivity contribution in [3.63, 3.8) is 0 Å². The molecule has 0 saturated carbocycles. The molecule has 1 N–H and O–H groups in total. The number of hydrogen-bond donors (Lipinski definition) is 1. The molecule has 0 bridgehead atoms. The molecular formula is C21H20ClN3O2S. The van der Waals surface area contributed by atoms with Crippen LogP contribution in [-0.2, 0) is 10.0 Å². The average molecular weight is 414 g/mol. The molecule has 1 atom stereocenters. The third kappa shape index (κ3) is 4.19. The van der Waals surface area contributed by atoms with Crippen LogP contribution in [0.1, 0.15) is 6.42 Å². The molecule has 4 rings (SSSR count). The summed E-state index contributed by atoms with van der Waals surface area (Å²) in [6.07, 6.45) is 2.49. The van der Waals surface area contributed by atoms with Crippen LogP contribution >= 0.6 is 11.6 Å². The lowest BCUT2D eigenvalue weighted by atomic mass is 10.1. The Balaban J connectivity index is 1.45. The minimum atomic E-state index is -3.58. The molecule has 7 heteroatoms. The van der Waals surface area contributed by atoms with E-state index >= 15 is 0 Å². The molecule has 144 valence electrons. The van der Waals surface area contributed by atoms with Gasteiger partial charge in [-0.1, -0.05) is 41.9 Å². The molecule has 1 aliphatic rings. The van der Waals surface area contributed by atoms with E-state index in [1.54, 1.807) is 30.5 Å². The van der Waals surface area contributed by atoms with Crippen molar-refractivity contribution in [1.29, 1.82) is 0 Å². The van der Waals surface area contributed by atoms with Gasteiger partial charge in [0.05, 0.1) is 4.90 Å². The molecule has 0 spiro atoms. The number of nitrogens with one attached hydrogen (secondary N) is 1. The molecule has 1 unspecified atom stereocenters. The summed E-state index contributed by atoms with van der Waals surface area (Å²) in [6.45, 7) is 1.38. The van der Waals surface area contributed by atoms with Crippen LogP contribution in [-0.4, -0.2) is 32.5 Å². The summed E-state index contributed by atoms with van der Waals surface area (Å²) in [6, 6.07) is 19.9. The molecule has 2 aromatic carbocycles. The largest absolute Gasteiger partial charge is 0.355 e. The quantitative estimate of drug-likeness (QED) is 0.687. The molecular weight excluding hydrogens is 394 g/mol. The molecule has 3 aromatic rings. The van der Waals surface area contributed by atoms with Crippen molar-refractivity contribution in [3.8, 4) is 11.1 Å². The molecule has 2 heterocycles. The van der Waals surface area contributed by atoms with E-state index in [0.29, 0.717) is 11.6 Å². The molecule has 1 aromatic heterocycles. The topological polar surface area (TPSA) is 62.3 Å². The number of nitrogens with zero attached hydrogens (tertiary/aromatic N) is 2. The highest BCUT2D eigenvalue weighted by atomic mass is 35.5. The monoisotopic (exact) mass is 413 g/mol. The third-order valence-corrected chi connectivity index (χ3v) is 6.58. The number of halogens is 1. The van der Waals surface area contributed by atoms with Crippen molar-refractivity contribution in [1.82, 2.24) is 9.71 Å². The van der Waals surface area contributed by atoms with Crippen LogP contribution in [0.4, 0.5) is 5.82 Å². The zero-order valence-corrected chi connectivity index (χ0v) is 16.7. The second-order valence-corrected chi connectivity index (χ2v) is 8.93. The van der Waals surface area contributed by atoms with Crippen molar-refractivity contribution >= 4 is 27.4 Å². The van der Waals surface area contributed by atoms with Gasteiger partial charge < -0.3 is 4.90 Å². The SMILES string of the molecule is O=S(=O)(NC1CCN(c2ccccn2)C1)c1ccc(-c2cccc(Cl)c2)cc1. The van der Waals surface area contributed by atoms with Gasteiger partial charge in [0.1, 0.15) is 5.82 Å². The highest BCUT2D eigenvalue weighted by Crippen LogP contribution is 2.25. The van der Waals surface area contributed by atoms with E-state index in [1.165, 1.54) is 0 Å². The lowest BCUT2D eigenvalue weighted by Crippen LogP contribution is -2.37. The Morgan fingerprint density at radius 1 is 1.00 bits per heavy atom. The second kappa shape index (κ2) is 7.91. The Morgan fingerprint density at radius 2 is 1.82 bits per heavy atom. The summed E-state index contributed by atoms with van der Waals surface area (Å²) < 4.78 is 28.4. The van der Waals surface area contributed by atoms with Gasteiger partial charge in [0.15, 0.2) is 0 Å². The fourth-order valence-electron chi connectivity index (χ4n) is 3.39. The van der Waals surface area contributed by atoms with Gasteiger partial charge in [0.2, 0.25) is 10.0 Å². The minimum absolute atomic E-state index is 0.139. The number of aromatic nitrogens is 1. The lowest BCUT2D eigenvalue weighted by molar-refractivity contribution is 0.561. The molecule has 1 saturated heterocycles. The maximum Gasteiger partial charge on any atom is 0.240 e. The van der Waals surface area contributed by atoms with Gasteiger partial charge in [-0.05, 0) is 53.9 Å². The van der Waals surface area contributed by atoms with Crippen molar-refractivity contribution < 1.29 is 8.42 Å². The van der Waals surface area contributed by atoms with E-state index in [9.17, 15) is 8.42 Å². The predicted molar refractivity (Wildman–Crippen MR) is 112 cm³/mol. The van der Waals surface area contributed by atoms with Crippen LogP contribution in [0, 0.1) is 0 Å². The maximum absolute atomic E-state index is 12.8. The van der Waals surface area contributed by atoms with E-state index in [-0.39, 0.29) is 10.9 Å². The summed E-state index contributed by atoms with van der Waals surface area (Å²) >= 11 is 6.04. The zero-order chi connectivity index (χ0) is 19.6. The van der Waals surface area contributed by atoms with Gasteiger partial charge in [-0.2, -0.15) is 0 Å². The Hall–Kier alpha value is -2.41. The number of sulfonamides is 1. The molecule has 0 amide bonds. The van der Waals surface area contributed by atoms with Crippen LogP contribution in [0.25, 0.3) is 11.1 Å². The Bertz CT molecular complexity index is 1060. The number of benzene rings is 2. The van der Waals surface area contributed by atoms with Crippen LogP contribution < -0.4 is 9.62 Å². The first-order valence-electron chi connectivity index (χ1n) is 9.06. The molecule has 1 aliphatic heterocycles. The van der Waals surface area contributed by atoms with Gasteiger partial charge in [-0.15, -0.1) is 0 Å². The first-order chi connectivity index (χ1) is 13.5. The fourth-order valence-corrected chi connectivity index (χ4v) is 4.84. The van der Waals surface area contributed by atoms with Gasteiger partial charge >= 0.3 is 0 Å². The van der Waals surface area contributed by atoms with Crippen molar-refractivity contribution in [2.75, 3.05) is 18.0 Å². The van der Waals surface area contributed by atoms with Crippen LogP contribution in [0.3, 0.4) is 0 Å². The normalized spacial score (nSPS) is 17.0. The Kier molecular flexibility index (Phi) is 5.35. The lowest BCUT2D eigenvalue weighted by Gasteiger charge is -2.18. The highest BCUT2D eigenvalue weighted by molar-refractivity contribution is 7.89. The first-order valence-corrected chi connectivity index (χ1v) is 10.9. The number of rotatable bonds is 5. The van der Waals surface area contributed by atoms with Crippen molar-refractivity contribution in [3.05, 3.63) is 77.9 Å². The van der Waals surface area contributed by atoms with Gasteiger partial charge in [-0.3, -0.25) is 0 Å². The van der Waals surface area contributed by atoms with Gasteiger partial charge in [0.25, 0.3) is 0 Å². The number of hydrogen-bond acceptors (Lipinski definition) is 4. The summed E-state index contributed by atoms with van der Waals surface area (Å²) in [7, 11) is -3.58.